The smallest absolute Gasteiger partial charge is 0.409 e. The number of para-hydroxylation sites is 1. The van der Waals surface area contributed by atoms with Crippen molar-refractivity contribution in [3.05, 3.63) is 89.5 Å². The number of aromatic carboxylic acids is 1. The molecule has 158 valence electrons. The second-order valence-electron chi connectivity index (χ2n) is 7.38. The maximum absolute atomic E-state index is 12.5. The van der Waals surface area contributed by atoms with Crippen LogP contribution in [0.2, 0.25) is 0 Å². The van der Waals surface area contributed by atoms with Crippen LogP contribution in [-0.4, -0.2) is 48.9 Å². The summed E-state index contributed by atoms with van der Waals surface area (Å²) < 4.78 is 11.2. The van der Waals surface area contributed by atoms with Crippen molar-refractivity contribution in [2.24, 2.45) is 0 Å². The highest BCUT2D eigenvalue weighted by atomic mass is 16.6. The lowest BCUT2D eigenvalue weighted by molar-refractivity contribution is 0.0690. The molecule has 1 aliphatic rings. The van der Waals surface area contributed by atoms with Crippen molar-refractivity contribution in [1.82, 2.24) is 4.90 Å². The molecule has 6 heteroatoms. The third kappa shape index (κ3) is 4.23. The lowest BCUT2D eigenvalue weighted by Gasteiger charge is -2.20. The highest BCUT2D eigenvalue weighted by Crippen LogP contribution is 2.44. The first kappa shape index (κ1) is 20.5. The van der Waals surface area contributed by atoms with Gasteiger partial charge in [-0.2, -0.15) is 0 Å². The minimum atomic E-state index is -1.06. The van der Waals surface area contributed by atoms with E-state index < -0.39 is 12.1 Å². The zero-order chi connectivity index (χ0) is 21.8. The van der Waals surface area contributed by atoms with E-state index in [1.54, 1.807) is 25.2 Å². The van der Waals surface area contributed by atoms with Crippen LogP contribution < -0.4 is 4.74 Å². The van der Waals surface area contributed by atoms with Crippen molar-refractivity contribution in [3.63, 3.8) is 0 Å². The molecular weight excluding hydrogens is 394 g/mol. The van der Waals surface area contributed by atoms with Gasteiger partial charge in [0.15, 0.2) is 0 Å². The van der Waals surface area contributed by atoms with E-state index in [-0.39, 0.29) is 37.0 Å². The van der Waals surface area contributed by atoms with Crippen LogP contribution >= 0.6 is 0 Å². The topological polar surface area (TPSA) is 76.1 Å². The summed E-state index contributed by atoms with van der Waals surface area (Å²) in [4.78, 5) is 25.2. The van der Waals surface area contributed by atoms with Crippen LogP contribution in [0.25, 0.3) is 11.1 Å². The van der Waals surface area contributed by atoms with E-state index in [2.05, 4.69) is 24.3 Å². The van der Waals surface area contributed by atoms with Gasteiger partial charge in [0.05, 0.1) is 6.54 Å². The Balaban J connectivity index is 1.34. The van der Waals surface area contributed by atoms with Crippen molar-refractivity contribution in [2.45, 2.75) is 5.92 Å². The second-order valence-corrected chi connectivity index (χ2v) is 7.38. The Morgan fingerprint density at radius 2 is 1.48 bits per heavy atom. The maximum Gasteiger partial charge on any atom is 0.409 e. The molecule has 0 saturated carbocycles. The summed E-state index contributed by atoms with van der Waals surface area (Å²) in [5.74, 6) is -0.778. The van der Waals surface area contributed by atoms with E-state index in [4.69, 9.17) is 9.47 Å². The standard InChI is InChI=1S/C25H23NO5/c1-26(14-15-30-23-13-7-6-12-21(23)24(27)28)25(29)31-16-22-19-10-4-2-8-17(19)18-9-3-5-11-20(18)22/h2-13,22H,14-16H2,1H3,(H,27,28). The number of amides is 1. The molecule has 0 atom stereocenters. The van der Waals surface area contributed by atoms with Gasteiger partial charge in [0.2, 0.25) is 0 Å². The predicted octanol–water partition coefficient (Wildman–Crippen LogP) is 4.64. The number of fused-ring (bicyclic) bond motifs is 3. The number of hydrogen-bond donors (Lipinski definition) is 1. The first-order valence-corrected chi connectivity index (χ1v) is 10.1. The third-order valence-corrected chi connectivity index (χ3v) is 5.45. The molecule has 0 spiro atoms. The molecule has 1 N–H and O–H groups in total. The zero-order valence-corrected chi connectivity index (χ0v) is 17.2. The van der Waals surface area contributed by atoms with Crippen LogP contribution in [0.15, 0.2) is 72.8 Å². The van der Waals surface area contributed by atoms with Crippen LogP contribution in [0.4, 0.5) is 4.79 Å². The van der Waals surface area contributed by atoms with Crippen molar-refractivity contribution in [3.8, 4) is 16.9 Å². The number of ether oxygens (including phenoxy) is 2. The van der Waals surface area contributed by atoms with E-state index in [1.165, 1.54) is 22.1 Å². The molecule has 0 aliphatic heterocycles. The predicted molar refractivity (Wildman–Crippen MR) is 117 cm³/mol. The Hall–Kier alpha value is -3.80. The zero-order valence-electron chi connectivity index (χ0n) is 17.2. The van der Waals surface area contributed by atoms with E-state index in [1.807, 2.05) is 24.3 Å². The number of likely N-dealkylation sites (N-methyl/N-ethyl adjacent to an activating group) is 1. The van der Waals surface area contributed by atoms with E-state index in [9.17, 15) is 14.7 Å². The highest BCUT2D eigenvalue weighted by molar-refractivity contribution is 5.90. The third-order valence-electron chi connectivity index (χ3n) is 5.45. The van der Waals surface area contributed by atoms with Crippen LogP contribution in [0.1, 0.15) is 27.4 Å². The Bertz CT molecular complexity index is 1060. The van der Waals surface area contributed by atoms with Crippen LogP contribution in [0, 0.1) is 0 Å². The lowest BCUT2D eigenvalue weighted by atomic mass is 9.98. The van der Waals surface area contributed by atoms with E-state index in [0.717, 1.165) is 11.1 Å². The average molecular weight is 417 g/mol. The minimum Gasteiger partial charge on any atom is -0.491 e. The van der Waals surface area contributed by atoms with Gasteiger partial charge in [-0.25, -0.2) is 9.59 Å². The molecular formula is C25H23NO5. The van der Waals surface area contributed by atoms with E-state index in [0.29, 0.717) is 0 Å². The monoisotopic (exact) mass is 417 g/mol. The first-order valence-electron chi connectivity index (χ1n) is 10.1. The number of nitrogens with zero attached hydrogens (tertiary/aromatic N) is 1. The first-order chi connectivity index (χ1) is 15.1. The van der Waals surface area contributed by atoms with Gasteiger partial charge in [0.25, 0.3) is 0 Å². The molecule has 0 radical (unpaired) electrons. The molecule has 0 unspecified atom stereocenters. The highest BCUT2D eigenvalue weighted by Gasteiger charge is 2.29. The number of carboxylic acids is 1. The van der Waals surface area contributed by atoms with Gasteiger partial charge in [0, 0.05) is 13.0 Å². The minimum absolute atomic E-state index is 0.00319. The van der Waals surface area contributed by atoms with E-state index >= 15 is 0 Å². The van der Waals surface area contributed by atoms with Gasteiger partial charge in [-0.3, -0.25) is 0 Å². The quantitative estimate of drug-likeness (QED) is 0.606. The Morgan fingerprint density at radius 3 is 2.13 bits per heavy atom. The fraction of sp³-hybridized carbons (Fsp3) is 0.200. The summed E-state index contributed by atoms with van der Waals surface area (Å²) in [6.07, 6.45) is -0.447. The Morgan fingerprint density at radius 1 is 0.903 bits per heavy atom. The summed E-state index contributed by atoms with van der Waals surface area (Å²) in [6, 6.07) is 22.8. The fourth-order valence-corrected chi connectivity index (χ4v) is 3.86. The molecule has 31 heavy (non-hydrogen) atoms. The average Bonchev–Trinajstić information content (AvgIpc) is 3.11. The number of rotatable bonds is 7. The summed E-state index contributed by atoms with van der Waals surface area (Å²) in [6.45, 7) is 0.676. The molecule has 0 saturated heterocycles. The largest absolute Gasteiger partial charge is 0.491 e. The molecule has 1 amide bonds. The van der Waals surface area contributed by atoms with Crippen molar-refractivity contribution in [1.29, 1.82) is 0 Å². The molecule has 1 aliphatic carbocycles. The molecule has 4 rings (SSSR count). The molecule has 0 fully saturated rings. The summed E-state index contributed by atoms with van der Waals surface area (Å²) in [5.41, 5.74) is 4.77. The molecule has 3 aromatic rings. The summed E-state index contributed by atoms with van der Waals surface area (Å²) in [5, 5.41) is 9.21. The fourth-order valence-electron chi connectivity index (χ4n) is 3.86. The molecule has 6 nitrogen and oxygen atoms in total. The van der Waals surface area contributed by atoms with Crippen molar-refractivity contribution in [2.75, 3.05) is 26.8 Å². The number of carbonyl (C=O) groups excluding carboxylic acids is 1. The van der Waals surface area contributed by atoms with Gasteiger partial charge in [-0.15, -0.1) is 0 Å². The Kier molecular flexibility index (Phi) is 5.89. The normalized spacial score (nSPS) is 12.0. The number of carbonyl (C=O) groups is 2. The van der Waals surface area contributed by atoms with Gasteiger partial charge in [0.1, 0.15) is 24.5 Å². The SMILES string of the molecule is CN(CCOc1ccccc1C(=O)O)C(=O)OCC1c2ccccc2-c2ccccc21. The van der Waals surface area contributed by atoms with Crippen molar-refractivity contribution >= 4 is 12.1 Å². The van der Waals surface area contributed by atoms with Gasteiger partial charge < -0.3 is 19.5 Å². The molecule has 0 heterocycles. The van der Waals surface area contributed by atoms with Gasteiger partial charge >= 0.3 is 12.1 Å². The lowest BCUT2D eigenvalue weighted by Crippen LogP contribution is -2.32. The Labute approximate surface area is 180 Å². The second kappa shape index (κ2) is 8.92. The molecule has 0 bridgehead atoms. The number of carboxylic acid groups (broad SMARTS) is 1. The van der Waals surface area contributed by atoms with Crippen molar-refractivity contribution < 1.29 is 24.2 Å². The number of benzene rings is 3. The molecule has 3 aromatic carbocycles. The number of hydrogen-bond acceptors (Lipinski definition) is 4. The summed E-state index contributed by atoms with van der Waals surface area (Å²) >= 11 is 0. The van der Waals surface area contributed by atoms with Gasteiger partial charge in [-0.05, 0) is 34.4 Å². The van der Waals surface area contributed by atoms with Crippen LogP contribution in [0.5, 0.6) is 5.75 Å². The molecule has 0 aromatic heterocycles. The van der Waals surface area contributed by atoms with Gasteiger partial charge in [-0.1, -0.05) is 60.7 Å². The maximum atomic E-state index is 12.5. The van der Waals surface area contributed by atoms with Crippen LogP contribution in [-0.2, 0) is 4.74 Å². The summed E-state index contributed by atoms with van der Waals surface area (Å²) in [7, 11) is 1.63. The van der Waals surface area contributed by atoms with Crippen LogP contribution in [0.3, 0.4) is 0 Å².